The largest absolute Gasteiger partial charge is 0.497 e. The molecular formula is C25H28N2O7S. The summed E-state index contributed by atoms with van der Waals surface area (Å²) in [6.45, 7) is 1.40. The number of benzene rings is 3. The van der Waals surface area contributed by atoms with E-state index in [0.717, 1.165) is 9.87 Å². The molecule has 0 aromatic heterocycles. The second-order valence-corrected chi connectivity index (χ2v) is 9.34. The molecule has 186 valence electrons. The molecule has 1 N–H and O–H groups in total. The summed E-state index contributed by atoms with van der Waals surface area (Å²) >= 11 is 0. The minimum Gasteiger partial charge on any atom is -0.497 e. The van der Waals surface area contributed by atoms with E-state index in [4.69, 9.17) is 18.9 Å². The van der Waals surface area contributed by atoms with E-state index in [2.05, 4.69) is 5.32 Å². The Labute approximate surface area is 205 Å². The number of nitrogens with zero attached hydrogens (tertiary/aromatic N) is 1. The number of sulfonamides is 1. The van der Waals surface area contributed by atoms with E-state index in [1.165, 1.54) is 46.6 Å². The summed E-state index contributed by atoms with van der Waals surface area (Å²) in [6, 6.07) is 16.0. The van der Waals surface area contributed by atoms with Crippen LogP contribution in [-0.2, 0) is 14.8 Å². The molecule has 0 aliphatic carbocycles. The molecule has 10 heteroatoms. The highest BCUT2D eigenvalue weighted by molar-refractivity contribution is 7.92. The molecular weight excluding hydrogens is 472 g/mol. The number of amides is 1. The van der Waals surface area contributed by atoms with E-state index in [1.807, 2.05) is 6.92 Å². The predicted molar refractivity (Wildman–Crippen MR) is 133 cm³/mol. The molecule has 0 aliphatic heterocycles. The van der Waals surface area contributed by atoms with Crippen LogP contribution in [0.5, 0.6) is 23.0 Å². The van der Waals surface area contributed by atoms with Crippen LogP contribution >= 0.6 is 0 Å². The van der Waals surface area contributed by atoms with E-state index in [0.29, 0.717) is 28.6 Å². The van der Waals surface area contributed by atoms with Crippen LogP contribution in [0.25, 0.3) is 0 Å². The number of hydrogen-bond acceptors (Lipinski definition) is 7. The van der Waals surface area contributed by atoms with Crippen molar-refractivity contribution in [3.63, 3.8) is 0 Å². The average molecular weight is 501 g/mol. The maximum Gasteiger partial charge on any atom is 0.264 e. The van der Waals surface area contributed by atoms with Crippen molar-refractivity contribution in [1.29, 1.82) is 0 Å². The first kappa shape index (κ1) is 25.7. The zero-order chi connectivity index (χ0) is 25.6. The quantitative estimate of drug-likeness (QED) is 0.451. The zero-order valence-corrected chi connectivity index (χ0v) is 21.0. The van der Waals surface area contributed by atoms with Crippen LogP contribution in [0.4, 0.5) is 11.4 Å². The molecule has 0 saturated heterocycles. The first-order chi connectivity index (χ1) is 16.7. The highest BCUT2D eigenvalue weighted by Gasteiger charge is 2.28. The number of nitrogens with one attached hydrogen (secondary N) is 1. The van der Waals surface area contributed by atoms with Gasteiger partial charge in [-0.3, -0.25) is 9.10 Å². The lowest BCUT2D eigenvalue weighted by Gasteiger charge is -2.25. The molecule has 35 heavy (non-hydrogen) atoms. The van der Waals surface area contributed by atoms with Gasteiger partial charge in [-0.25, -0.2) is 8.42 Å². The van der Waals surface area contributed by atoms with Crippen molar-refractivity contribution in [1.82, 2.24) is 0 Å². The Kier molecular flexibility index (Phi) is 8.08. The number of ether oxygens (including phenoxy) is 4. The van der Waals surface area contributed by atoms with Crippen LogP contribution < -0.4 is 28.6 Å². The Morgan fingerprint density at radius 1 is 0.800 bits per heavy atom. The minimum atomic E-state index is -4.16. The van der Waals surface area contributed by atoms with Gasteiger partial charge >= 0.3 is 0 Å². The molecule has 0 atom stereocenters. The van der Waals surface area contributed by atoms with Crippen molar-refractivity contribution in [3.8, 4) is 23.0 Å². The fraction of sp³-hybridized carbons (Fsp3) is 0.240. The van der Waals surface area contributed by atoms with Crippen LogP contribution in [-0.4, -0.2) is 49.3 Å². The van der Waals surface area contributed by atoms with Gasteiger partial charge in [-0.05, 0) is 43.3 Å². The summed E-state index contributed by atoms with van der Waals surface area (Å²) in [7, 11) is 1.69. The van der Waals surface area contributed by atoms with Gasteiger partial charge < -0.3 is 24.3 Å². The lowest BCUT2D eigenvalue weighted by atomic mass is 10.2. The summed E-state index contributed by atoms with van der Waals surface area (Å²) in [5.74, 6) is 0.985. The molecule has 0 spiro atoms. The van der Waals surface area contributed by atoms with Crippen molar-refractivity contribution in [3.05, 3.63) is 66.2 Å². The molecule has 0 unspecified atom stereocenters. The summed E-state index contributed by atoms with van der Waals surface area (Å²) < 4.78 is 49.4. The van der Waals surface area contributed by atoms with Crippen LogP contribution in [0.1, 0.15) is 5.56 Å². The predicted octanol–water partition coefficient (Wildman–Crippen LogP) is 3.86. The third-order valence-corrected chi connectivity index (χ3v) is 7.00. The van der Waals surface area contributed by atoms with Gasteiger partial charge in [0.1, 0.15) is 18.0 Å². The SMILES string of the molecule is COc1ccc(OC)c(NC(=O)CN(c2ccc(C)cc2)S(=O)(=O)c2ccc(OC)c(OC)c2)c1. The fourth-order valence-electron chi connectivity index (χ4n) is 3.36. The van der Waals surface area contributed by atoms with Crippen LogP contribution in [0.2, 0.25) is 0 Å². The standard InChI is InChI=1S/C25H28N2O7S/c1-17-6-8-18(9-7-17)27(35(29,30)20-11-13-23(33-4)24(15-20)34-5)16-25(28)26-21-14-19(31-2)10-12-22(21)32-3/h6-15H,16H2,1-5H3,(H,26,28). The van der Waals surface area contributed by atoms with Crippen LogP contribution in [0.15, 0.2) is 65.6 Å². The topological polar surface area (TPSA) is 103 Å². The summed E-state index contributed by atoms with van der Waals surface area (Å²) in [5.41, 5.74) is 1.63. The summed E-state index contributed by atoms with van der Waals surface area (Å²) in [5, 5.41) is 2.72. The summed E-state index contributed by atoms with van der Waals surface area (Å²) in [6.07, 6.45) is 0. The highest BCUT2D eigenvalue weighted by Crippen LogP contribution is 2.33. The van der Waals surface area contributed by atoms with Crippen LogP contribution in [0.3, 0.4) is 0 Å². The Bertz CT molecular complexity index is 1290. The smallest absolute Gasteiger partial charge is 0.264 e. The van der Waals surface area contributed by atoms with Gasteiger partial charge in [0.05, 0.1) is 44.7 Å². The number of carbonyl (C=O) groups is 1. The van der Waals surface area contributed by atoms with Crippen LogP contribution in [0, 0.1) is 6.92 Å². The van der Waals surface area contributed by atoms with Crippen molar-refractivity contribution >= 4 is 27.3 Å². The molecule has 0 saturated carbocycles. The maximum absolute atomic E-state index is 13.7. The van der Waals surface area contributed by atoms with E-state index >= 15 is 0 Å². The average Bonchev–Trinajstić information content (AvgIpc) is 2.87. The maximum atomic E-state index is 13.7. The molecule has 9 nitrogen and oxygen atoms in total. The van der Waals surface area contributed by atoms with Gasteiger partial charge in [0, 0.05) is 12.1 Å². The molecule has 3 aromatic rings. The normalized spacial score (nSPS) is 10.9. The third-order valence-electron chi connectivity index (χ3n) is 5.23. The zero-order valence-electron chi connectivity index (χ0n) is 20.2. The van der Waals surface area contributed by atoms with E-state index < -0.39 is 22.5 Å². The van der Waals surface area contributed by atoms with Gasteiger partial charge in [-0.2, -0.15) is 0 Å². The van der Waals surface area contributed by atoms with Crippen molar-refractivity contribution in [2.24, 2.45) is 0 Å². The monoisotopic (exact) mass is 500 g/mol. The molecule has 0 bridgehead atoms. The third kappa shape index (κ3) is 5.78. The molecule has 3 rings (SSSR count). The minimum absolute atomic E-state index is 0.0533. The molecule has 0 heterocycles. The Morgan fingerprint density at radius 3 is 2.03 bits per heavy atom. The second-order valence-electron chi connectivity index (χ2n) is 7.48. The Morgan fingerprint density at radius 2 is 1.43 bits per heavy atom. The molecule has 0 radical (unpaired) electrons. The first-order valence-electron chi connectivity index (χ1n) is 10.6. The molecule has 0 aliphatic rings. The number of hydrogen-bond donors (Lipinski definition) is 1. The van der Waals surface area contributed by atoms with Gasteiger partial charge in [0.25, 0.3) is 10.0 Å². The fourth-order valence-corrected chi connectivity index (χ4v) is 4.80. The van der Waals surface area contributed by atoms with Gasteiger partial charge in [0.2, 0.25) is 5.91 Å². The number of carbonyl (C=O) groups excluding carboxylic acids is 1. The van der Waals surface area contributed by atoms with E-state index in [-0.39, 0.29) is 10.6 Å². The Balaban J connectivity index is 2.00. The molecule has 3 aromatic carbocycles. The van der Waals surface area contributed by atoms with Gasteiger partial charge in [0.15, 0.2) is 11.5 Å². The number of aryl methyl sites for hydroxylation is 1. The van der Waals surface area contributed by atoms with Crippen molar-refractivity contribution in [2.45, 2.75) is 11.8 Å². The second kappa shape index (κ2) is 11.0. The molecule has 1 amide bonds. The molecule has 0 fully saturated rings. The lowest BCUT2D eigenvalue weighted by Crippen LogP contribution is -2.38. The Hall–Kier alpha value is -3.92. The van der Waals surface area contributed by atoms with Gasteiger partial charge in [-0.1, -0.05) is 17.7 Å². The van der Waals surface area contributed by atoms with Crippen molar-refractivity contribution < 1.29 is 32.2 Å². The highest BCUT2D eigenvalue weighted by atomic mass is 32.2. The summed E-state index contributed by atoms with van der Waals surface area (Å²) in [4.78, 5) is 13.0. The van der Waals surface area contributed by atoms with E-state index in [9.17, 15) is 13.2 Å². The van der Waals surface area contributed by atoms with Gasteiger partial charge in [-0.15, -0.1) is 0 Å². The van der Waals surface area contributed by atoms with Crippen molar-refractivity contribution in [2.75, 3.05) is 44.6 Å². The van der Waals surface area contributed by atoms with E-state index in [1.54, 1.807) is 42.5 Å². The lowest BCUT2D eigenvalue weighted by molar-refractivity contribution is -0.114. The number of methoxy groups -OCH3 is 4. The number of anilines is 2. The first-order valence-corrected chi connectivity index (χ1v) is 12.0. The number of rotatable bonds is 10.